The summed E-state index contributed by atoms with van der Waals surface area (Å²) in [5.74, 6) is 1.80. The second kappa shape index (κ2) is 11.5. The molecule has 1 fully saturated rings. The lowest BCUT2D eigenvalue weighted by Crippen LogP contribution is -2.25. The summed E-state index contributed by atoms with van der Waals surface area (Å²) in [6.07, 6.45) is 3.37. The molecule has 2 amide bonds. The summed E-state index contributed by atoms with van der Waals surface area (Å²) in [5.41, 5.74) is 1.63. The third kappa shape index (κ3) is 6.67. The molecular formula is C27H23NO7S. The van der Waals surface area contributed by atoms with E-state index in [9.17, 15) is 14.4 Å². The first-order valence-corrected chi connectivity index (χ1v) is 11.8. The van der Waals surface area contributed by atoms with E-state index in [0.29, 0.717) is 35.2 Å². The Hall–Kier alpha value is -4.24. The number of hydrogen-bond donors (Lipinski definition) is 1. The van der Waals surface area contributed by atoms with Crippen LogP contribution in [-0.2, 0) is 16.0 Å². The van der Waals surface area contributed by atoms with Gasteiger partial charge < -0.3 is 18.9 Å². The minimum Gasteiger partial charge on any atom is -0.497 e. The Bertz CT molecular complexity index is 1280. The maximum absolute atomic E-state index is 12.3. The lowest BCUT2D eigenvalue weighted by molar-refractivity contribution is -0.129. The van der Waals surface area contributed by atoms with E-state index in [0.717, 1.165) is 22.9 Å². The highest BCUT2D eigenvalue weighted by atomic mass is 32.2. The number of hydrogen-bond acceptors (Lipinski definition) is 8. The first kappa shape index (κ1) is 24.9. The van der Waals surface area contributed by atoms with E-state index in [1.54, 1.807) is 74.9 Å². The van der Waals surface area contributed by atoms with Crippen LogP contribution in [0.15, 0.2) is 72.8 Å². The van der Waals surface area contributed by atoms with Crippen LogP contribution in [0.2, 0.25) is 0 Å². The van der Waals surface area contributed by atoms with Crippen LogP contribution in [0.5, 0.6) is 28.7 Å². The molecule has 1 atom stereocenters. The molecule has 3 aromatic rings. The molecule has 0 bridgehead atoms. The van der Waals surface area contributed by atoms with Crippen molar-refractivity contribution < 1.29 is 33.3 Å². The van der Waals surface area contributed by atoms with E-state index >= 15 is 0 Å². The van der Waals surface area contributed by atoms with Crippen molar-refractivity contribution >= 4 is 35.0 Å². The van der Waals surface area contributed by atoms with Crippen LogP contribution in [0, 0.1) is 0 Å². The quantitative estimate of drug-likeness (QED) is 0.246. The number of methoxy groups -OCH3 is 2. The molecule has 0 aromatic heterocycles. The number of benzene rings is 3. The minimum absolute atomic E-state index is 0.269. The van der Waals surface area contributed by atoms with Gasteiger partial charge in [0.2, 0.25) is 5.91 Å². The molecule has 4 rings (SSSR count). The molecule has 0 saturated carbocycles. The van der Waals surface area contributed by atoms with E-state index in [1.165, 1.54) is 6.08 Å². The summed E-state index contributed by atoms with van der Waals surface area (Å²) in [4.78, 5) is 35.4. The predicted octanol–water partition coefficient (Wildman–Crippen LogP) is 5.01. The number of thioether (sulfide) groups is 1. The Balaban J connectivity index is 1.35. The van der Waals surface area contributed by atoms with E-state index in [-0.39, 0.29) is 11.1 Å². The number of imide groups is 1. The fraction of sp³-hybridized carbons (Fsp3) is 0.148. The average Bonchev–Trinajstić information content (AvgIpc) is 3.20. The van der Waals surface area contributed by atoms with Crippen molar-refractivity contribution in [1.82, 2.24) is 5.32 Å². The Kier molecular flexibility index (Phi) is 7.92. The van der Waals surface area contributed by atoms with Crippen molar-refractivity contribution in [3.05, 3.63) is 83.9 Å². The molecule has 1 unspecified atom stereocenters. The highest BCUT2D eigenvalue weighted by molar-refractivity contribution is 8.15. The van der Waals surface area contributed by atoms with E-state index in [1.807, 2.05) is 12.1 Å². The van der Waals surface area contributed by atoms with Crippen LogP contribution in [0.3, 0.4) is 0 Å². The van der Waals surface area contributed by atoms with Crippen molar-refractivity contribution in [3.8, 4) is 28.7 Å². The lowest BCUT2D eigenvalue weighted by Gasteiger charge is -2.09. The standard InChI is InChI=1S/C27H23NO7S/c1-32-22-12-18(13-23(16-22)33-2)8-11-25(29)35-21-5-3-4-20(15-21)34-19-9-6-17(7-10-19)14-24-26(30)28-27(31)36-24/h3-13,15-16,24H,14H2,1-2H3,(H,28,30,31). The average molecular weight is 506 g/mol. The lowest BCUT2D eigenvalue weighted by atomic mass is 10.1. The van der Waals surface area contributed by atoms with Crippen LogP contribution < -0.4 is 24.3 Å². The molecule has 0 radical (unpaired) electrons. The third-order valence-electron chi connectivity index (χ3n) is 5.16. The Morgan fingerprint density at radius 1 is 0.889 bits per heavy atom. The molecule has 0 aliphatic carbocycles. The topological polar surface area (TPSA) is 100 Å². The molecule has 1 aliphatic heterocycles. The molecule has 1 N–H and O–H groups in total. The van der Waals surface area contributed by atoms with Gasteiger partial charge in [0.25, 0.3) is 5.24 Å². The van der Waals surface area contributed by atoms with Gasteiger partial charge in [-0.25, -0.2) is 4.79 Å². The number of esters is 1. The Morgan fingerprint density at radius 3 is 2.19 bits per heavy atom. The first-order valence-electron chi connectivity index (χ1n) is 10.9. The molecular weight excluding hydrogens is 482 g/mol. The maximum atomic E-state index is 12.3. The summed E-state index contributed by atoms with van der Waals surface area (Å²) in [6.45, 7) is 0. The van der Waals surface area contributed by atoms with Crippen LogP contribution in [0.25, 0.3) is 6.08 Å². The van der Waals surface area contributed by atoms with Crippen molar-refractivity contribution in [2.45, 2.75) is 11.7 Å². The van der Waals surface area contributed by atoms with Gasteiger partial charge in [-0.2, -0.15) is 0 Å². The molecule has 9 heteroatoms. The Labute approximate surface area is 212 Å². The molecule has 36 heavy (non-hydrogen) atoms. The smallest absolute Gasteiger partial charge is 0.336 e. The zero-order valence-electron chi connectivity index (χ0n) is 19.6. The van der Waals surface area contributed by atoms with Gasteiger partial charge in [-0.1, -0.05) is 30.0 Å². The third-order valence-corrected chi connectivity index (χ3v) is 6.14. The van der Waals surface area contributed by atoms with Crippen molar-refractivity contribution in [2.24, 2.45) is 0 Å². The van der Waals surface area contributed by atoms with Crippen LogP contribution in [0.4, 0.5) is 4.79 Å². The molecule has 8 nitrogen and oxygen atoms in total. The molecule has 184 valence electrons. The molecule has 0 spiro atoms. The number of ether oxygens (including phenoxy) is 4. The monoisotopic (exact) mass is 505 g/mol. The van der Waals surface area contributed by atoms with Gasteiger partial charge in [-0.15, -0.1) is 0 Å². The molecule has 1 aliphatic rings. The largest absolute Gasteiger partial charge is 0.497 e. The number of amides is 2. The number of nitrogens with one attached hydrogen (secondary N) is 1. The van der Waals surface area contributed by atoms with Crippen LogP contribution in [-0.4, -0.2) is 36.6 Å². The van der Waals surface area contributed by atoms with E-state index in [2.05, 4.69) is 5.32 Å². The minimum atomic E-state index is -0.550. The first-order chi connectivity index (χ1) is 17.4. The van der Waals surface area contributed by atoms with Gasteiger partial charge in [-0.05, 0) is 60.0 Å². The zero-order chi connectivity index (χ0) is 25.5. The highest BCUT2D eigenvalue weighted by Gasteiger charge is 2.31. The van der Waals surface area contributed by atoms with Crippen LogP contribution >= 0.6 is 11.8 Å². The SMILES string of the molecule is COc1cc(C=CC(=O)Oc2cccc(Oc3ccc(CC4SC(=O)NC4=O)cc3)c2)cc(OC)c1. The fourth-order valence-electron chi connectivity index (χ4n) is 3.41. The van der Waals surface area contributed by atoms with Gasteiger partial charge in [0.1, 0.15) is 28.7 Å². The Morgan fingerprint density at radius 2 is 1.56 bits per heavy atom. The van der Waals surface area contributed by atoms with Crippen LogP contribution in [0.1, 0.15) is 11.1 Å². The zero-order valence-corrected chi connectivity index (χ0v) is 20.4. The second-order valence-corrected chi connectivity index (χ2v) is 8.88. The molecule has 1 heterocycles. The second-order valence-electron chi connectivity index (χ2n) is 7.71. The fourth-order valence-corrected chi connectivity index (χ4v) is 4.27. The van der Waals surface area contributed by atoms with E-state index in [4.69, 9.17) is 18.9 Å². The predicted molar refractivity (Wildman–Crippen MR) is 136 cm³/mol. The van der Waals surface area contributed by atoms with Crippen molar-refractivity contribution in [1.29, 1.82) is 0 Å². The number of carbonyl (C=O) groups excluding carboxylic acids is 3. The maximum Gasteiger partial charge on any atom is 0.336 e. The van der Waals surface area contributed by atoms with Gasteiger partial charge in [0, 0.05) is 18.2 Å². The van der Waals surface area contributed by atoms with Crippen molar-refractivity contribution in [2.75, 3.05) is 14.2 Å². The van der Waals surface area contributed by atoms with Gasteiger partial charge in [0.15, 0.2) is 0 Å². The summed E-state index contributed by atoms with van der Waals surface area (Å²) < 4.78 is 21.7. The molecule has 3 aromatic carbocycles. The van der Waals surface area contributed by atoms with Crippen molar-refractivity contribution in [3.63, 3.8) is 0 Å². The summed E-state index contributed by atoms with van der Waals surface area (Å²) in [5, 5.41) is 1.55. The normalized spacial score (nSPS) is 15.0. The molecule has 1 saturated heterocycles. The number of rotatable bonds is 9. The number of carbonyl (C=O) groups is 3. The summed E-state index contributed by atoms with van der Waals surface area (Å²) in [6, 6.07) is 19.2. The van der Waals surface area contributed by atoms with Gasteiger partial charge >= 0.3 is 5.97 Å². The summed E-state index contributed by atoms with van der Waals surface area (Å²) in [7, 11) is 3.11. The summed E-state index contributed by atoms with van der Waals surface area (Å²) >= 11 is 0.999. The van der Waals surface area contributed by atoms with Gasteiger partial charge in [-0.3, -0.25) is 14.9 Å². The van der Waals surface area contributed by atoms with Gasteiger partial charge in [0.05, 0.1) is 19.5 Å². The van der Waals surface area contributed by atoms with E-state index < -0.39 is 11.2 Å². The highest BCUT2D eigenvalue weighted by Crippen LogP contribution is 2.28.